The minimum Gasteiger partial charge on any atom is -0.484 e. The van der Waals surface area contributed by atoms with E-state index in [0.29, 0.717) is 17.5 Å². The molecule has 0 radical (unpaired) electrons. The average Bonchev–Trinajstić information content (AvgIpc) is 3.69. The van der Waals surface area contributed by atoms with Gasteiger partial charge in [-0.1, -0.05) is 127 Å². The molecule has 0 fully saturated rings. The topological polar surface area (TPSA) is 61.0 Å². The highest BCUT2D eigenvalue weighted by Gasteiger charge is 2.47. The number of hydrogen-bond acceptors (Lipinski definition) is 5. The van der Waals surface area contributed by atoms with Gasteiger partial charge >= 0.3 is 0 Å². The van der Waals surface area contributed by atoms with Crippen LogP contribution in [0.4, 0.5) is 0 Å². The maximum absolute atomic E-state index is 6.65. The van der Waals surface area contributed by atoms with Gasteiger partial charge in [0.25, 0.3) is 0 Å². The number of rotatable bonds is 4. The molecular weight excluding hydrogens is 615 g/mol. The first-order valence-corrected chi connectivity index (χ1v) is 17.0. The van der Waals surface area contributed by atoms with Crippen LogP contribution < -0.4 is 4.74 Å². The lowest BCUT2D eigenvalue weighted by molar-refractivity contribution is 0.237. The Morgan fingerprint density at radius 2 is 1.26 bits per heavy atom. The van der Waals surface area contributed by atoms with E-state index in [4.69, 9.17) is 24.1 Å². The third-order valence-electron chi connectivity index (χ3n) is 10.3. The Morgan fingerprint density at radius 1 is 0.580 bits per heavy atom. The van der Waals surface area contributed by atoms with E-state index < -0.39 is 0 Å². The van der Waals surface area contributed by atoms with E-state index >= 15 is 0 Å². The van der Waals surface area contributed by atoms with Gasteiger partial charge in [-0.25, -0.2) is 15.0 Å². The quantitative estimate of drug-likeness (QED) is 0.191. The number of ether oxygens (including phenoxy) is 1. The molecule has 0 spiro atoms. The van der Waals surface area contributed by atoms with Crippen molar-refractivity contribution in [2.75, 3.05) is 0 Å². The van der Waals surface area contributed by atoms with Crippen LogP contribution in [-0.4, -0.2) is 21.1 Å². The Labute approximate surface area is 289 Å². The Bertz CT molecular complexity index is 2720. The maximum Gasteiger partial charge on any atom is 0.164 e. The van der Waals surface area contributed by atoms with Crippen LogP contribution in [0.3, 0.4) is 0 Å². The zero-order valence-electron chi connectivity index (χ0n) is 27.6. The smallest absolute Gasteiger partial charge is 0.164 e. The first-order valence-electron chi connectivity index (χ1n) is 17.0. The molecule has 0 saturated carbocycles. The fraction of sp³-hybridized carbons (Fsp3) is 0.0889. The molecule has 0 N–H and O–H groups in total. The lowest BCUT2D eigenvalue weighted by Crippen LogP contribution is -2.36. The van der Waals surface area contributed by atoms with E-state index in [-0.39, 0.29) is 11.5 Å². The first-order chi connectivity index (χ1) is 24.5. The van der Waals surface area contributed by atoms with Crippen molar-refractivity contribution in [3.05, 3.63) is 163 Å². The molecule has 1 aliphatic carbocycles. The maximum atomic E-state index is 6.65. The summed E-state index contributed by atoms with van der Waals surface area (Å²) in [6.07, 6.45) is 6.16. The molecule has 0 saturated heterocycles. The van der Waals surface area contributed by atoms with Crippen molar-refractivity contribution in [1.82, 2.24) is 15.0 Å². The van der Waals surface area contributed by atoms with Gasteiger partial charge in [-0.15, -0.1) is 0 Å². The summed E-state index contributed by atoms with van der Waals surface area (Å²) in [5.41, 5.74) is 8.83. The molecule has 10 rings (SSSR count). The summed E-state index contributed by atoms with van der Waals surface area (Å²) in [4.78, 5) is 15.5. The SMILES string of the molecule is Cc1ccc(-c2nc(C3=CC=CC4(C)c5ccccc5OC34)nc(-c3ccc(-c4cccc5oc6ccccc6c45)c4ccccc34)n2)cc1. The lowest BCUT2D eigenvalue weighted by Gasteiger charge is -2.31. The number of aryl methyl sites for hydroxylation is 1. The largest absolute Gasteiger partial charge is 0.484 e. The number of allylic oxidation sites excluding steroid dienone is 2. The van der Waals surface area contributed by atoms with Crippen LogP contribution in [0.5, 0.6) is 5.75 Å². The summed E-state index contributed by atoms with van der Waals surface area (Å²) in [6.45, 7) is 4.32. The van der Waals surface area contributed by atoms with Crippen LogP contribution >= 0.6 is 0 Å². The zero-order chi connectivity index (χ0) is 33.4. The Hall–Kier alpha value is -6.33. The predicted molar refractivity (Wildman–Crippen MR) is 201 cm³/mol. The third kappa shape index (κ3) is 4.30. The molecule has 5 heteroatoms. The molecule has 2 atom stereocenters. The highest BCUT2D eigenvalue weighted by Crippen LogP contribution is 2.50. The Balaban J connectivity index is 1.18. The molecule has 50 heavy (non-hydrogen) atoms. The summed E-state index contributed by atoms with van der Waals surface area (Å²) < 4.78 is 12.9. The number of aromatic nitrogens is 3. The van der Waals surface area contributed by atoms with E-state index in [9.17, 15) is 0 Å². The molecule has 8 aromatic rings. The zero-order valence-corrected chi connectivity index (χ0v) is 27.6. The van der Waals surface area contributed by atoms with Crippen molar-refractivity contribution >= 4 is 38.3 Å². The van der Waals surface area contributed by atoms with Gasteiger partial charge in [-0.05, 0) is 60.0 Å². The van der Waals surface area contributed by atoms with Crippen LogP contribution in [0.2, 0.25) is 0 Å². The van der Waals surface area contributed by atoms with Crippen molar-refractivity contribution < 1.29 is 9.15 Å². The minimum atomic E-state index is -0.343. The predicted octanol–water partition coefficient (Wildman–Crippen LogP) is 10.9. The number of fused-ring (bicyclic) bond motifs is 7. The summed E-state index contributed by atoms with van der Waals surface area (Å²) in [7, 11) is 0. The number of para-hydroxylation sites is 2. The highest BCUT2D eigenvalue weighted by molar-refractivity contribution is 6.16. The van der Waals surface area contributed by atoms with Gasteiger partial charge < -0.3 is 9.15 Å². The minimum absolute atomic E-state index is 0.268. The number of hydrogen-bond donors (Lipinski definition) is 0. The average molecular weight is 646 g/mol. The van der Waals surface area contributed by atoms with Crippen molar-refractivity contribution in [1.29, 1.82) is 0 Å². The van der Waals surface area contributed by atoms with Gasteiger partial charge in [0.15, 0.2) is 17.5 Å². The van der Waals surface area contributed by atoms with Crippen molar-refractivity contribution in [2.24, 2.45) is 0 Å². The number of nitrogens with zero attached hydrogens (tertiary/aromatic N) is 3. The van der Waals surface area contributed by atoms with Crippen molar-refractivity contribution in [2.45, 2.75) is 25.4 Å². The van der Waals surface area contributed by atoms with Crippen molar-refractivity contribution in [3.63, 3.8) is 0 Å². The molecule has 2 unspecified atom stereocenters. The van der Waals surface area contributed by atoms with Gasteiger partial charge in [0.05, 0.1) is 5.41 Å². The second-order valence-electron chi connectivity index (χ2n) is 13.4. The molecule has 5 nitrogen and oxygen atoms in total. The Morgan fingerprint density at radius 3 is 2.12 bits per heavy atom. The van der Waals surface area contributed by atoms with E-state index in [1.807, 2.05) is 30.3 Å². The van der Waals surface area contributed by atoms with Gasteiger partial charge in [0, 0.05) is 33.0 Å². The third-order valence-corrected chi connectivity index (χ3v) is 10.3. The molecule has 6 aromatic carbocycles. The molecule has 0 amide bonds. The van der Waals surface area contributed by atoms with Gasteiger partial charge in [0.2, 0.25) is 0 Å². The standard InChI is InChI=1S/C45H31N3O2/c1-27-20-22-28(23-21-27)42-46-43(48-44(47-42)35-15-10-26-45(2)36-16-6-8-18-38(36)50-41(35)45)33-25-24-31(29-11-3-4-12-30(29)33)32-14-9-19-39-40(32)34-13-5-7-17-37(34)49-39/h3-26,41H,1-2H3. The normalized spacial score (nSPS) is 17.9. The monoisotopic (exact) mass is 645 g/mol. The van der Waals surface area contributed by atoms with E-state index in [2.05, 4.69) is 129 Å². The second-order valence-corrected chi connectivity index (χ2v) is 13.4. The highest BCUT2D eigenvalue weighted by atomic mass is 16.5. The van der Waals surface area contributed by atoms with Gasteiger partial charge in [-0.2, -0.15) is 0 Å². The van der Waals surface area contributed by atoms with Crippen molar-refractivity contribution in [3.8, 4) is 39.7 Å². The van der Waals surface area contributed by atoms with Gasteiger partial charge in [0.1, 0.15) is 23.0 Å². The Kier molecular flexibility index (Phi) is 6.21. The van der Waals surface area contributed by atoms with Crippen LogP contribution in [0, 0.1) is 6.92 Å². The molecule has 0 bridgehead atoms. The summed E-state index contributed by atoms with van der Waals surface area (Å²) in [6, 6.07) is 44.0. The number of furan rings is 1. The molecule has 238 valence electrons. The van der Waals surface area contributed by atoms with Crippen LogP contribution in [0.1, 0.15) is 23.9 Å². The molecule has 1 aliphatic heterocycles. The van der Waals surface area contributed by atoms with Crippen LogP contribution in [0.25, 0.3) is 72.2 Å². The van der Waals surface area contributed by atoms with E-state index in [1.54, 1.807) is 0 Å². The van der Waals surface area contributed by atoms with Gasteiger partial charge in [-0.3, -0.25) is 0 Å². The molecular formula is C45H31N3O2. The summed E-state index contributed by atoms with van der Waals surface area (Å²) in [5.74, 6) is 2.75. The summed E-state index contributed by atoms with van der Waals surface area (Å²) in [5, 5.41) is 4.40. The molecule has 3 heterocycles. The molecule has 2 aromatic heterocycles. The van der Waals surface area contributed by atoms with Crippen LogP contribution in [0.15, 0.2) is 150 Å². The van der Waals surface area contributed by atoms with E-state index in [1.165, 1.54) is 11.1 Å². The van der Waals surface area contributed by atoms with E-state index in [0.717, 1.165) is 66.3 Å². The first kappa shape index (κ1) is 28.7. The summed E-state index contributed by atoms with van der Waals surface area (Å²) >= 11 is 0. The fourth-order valence-corrected chi connectivity index (χ4v) is 7.78. The fourth-order valence-electron chi connectivity index (χ4n) is 7.78. The van der Waals surface area contributed by atoms with Crippen LogP contribution in [-0.2, 0) is 5.41 Å². The second kappa shape index (κ2) is 10.8. The lowest BCUT2D eigenvalue weighted by atomic mass is 9.73. The number of benzene rings is 6. The molecule has 2 aliphatic rings.